The van der Waals surface area contributed by atoms with Crippen molar-refractivity contribution in [3.05, 3.63) is 58.0 Å². The highest BCUT2D eigenvalue weighted by Gasteiger charge is 2.24. The molecule has 0 bridgehead atoms. The van der Waals surface area contributed by atoms with Gasteiger partial charge >= 0.3 is 5.97 Å². The summed E-state index contributed by atoms with van der Waals surface area (Å²) in [4.78, 5) is 32.1. The van der Waals surface area contributed by atoms with E-state index >= 15 is 0 Å². The number of pyridine rings is 1. The second-order valence-corrected chi connectivity index (χ2v) is 6.29. The quantitative estimate of drug-likeness (QED) is 0.556. The minimum atomic E-state index is -0.418. The number of esters is 1. The van der Waals surface area contributed by atoms with Crippen molar-refractivity contribution in [2.45, 2.75) is 27.2 Å². The molecule has 0 spiro atoms. The summed E-state index contributed by atoms with van der Waals surface area (Å²) in [6, 6.07) is 6.98. The Hall–Kier alpha value is -2.66. The Kier molecular flexibility index (Phi) is 4.59. The third-order valence-corrected chi connectivity index (χ3v) is 4.11. The Labute approximate surface area is 150 Å². The molecule has 0 amide bonds. The summed E-state index contributed by atoms with van der Waals surface area (Å²) in [5.74, 6) is -0.535. The Bertz CT molecular complexity index is 992. The second-order valence-electron chi connectivity index (χ2n) is 5.85. The number of nitrogens with zero attached hydrogens (tertiary/aromatic N) is 1. The summed E-state index contributed by atoms with van der Waals surface area (Å²) < 4.78 is 5.43. The highest BCUT2D eigenvalue weighted by Crippen LogP contribution is 2.33. The van der Waals surface area contributed by atoms with Gasteiger partial charge in [0.2, 0.25) is 5.78 Å². The van der Waals surface area contributed by atoms with E-state index in [0.29, 0.717) is 21.6 Å². The fraction of sp³-hybridized carbons (Fsp3) is 0.211. The largest absolute Gasteiger partial charge is 0.423 e. The molecule has 128 valence electrons. The van der Waals surface area contributed by atoms with Gasteiger partial charge in [0.05, 0.1) is 5.52 Å². The lowest BCUT2D eigenvalue weighted by atomic mass is 10.1. The van der Waals surface area contributed by atoms with Gasteiger partial charge in [-0.2, -0.15) is 0 Å². The van der Waals surface area contributed by atoms with E-state index < -0.39 is 5.97 Å². The summed E-state index contributed by atoms with van der Waals surface area (Å²) in [5.41, 5.74) is 2.86. The lowest BCUT2D eigenvalue weighted by Gasteiger charge is -2.07. The minimum absolute atomic E-state index is 0.193. The lowest BCUT2D eigenvalue weighted by Crippen LogP contribution is -2.12. The number of halogens is 1. The highest BCUT2D eigenvalue weighted by molar-refractivity contribution is 6.31. The first kappa shape index (κ1) is 17.2. The molecule has 0 saturated heterocycles. The normalized spacial score (nSPS) is 10.9. The summed E-state index contributed by atoms with van der Waals surface area (Å²) in [7, 11) is 0. The van der Waals surface area contributed by atoms with E-state index in [4.69, 9.17) is 16.3 Å². The van der Waals surface area contributed by atoms with Gasteiger partial charge in [-0.25, -0.2) is 0 Å². The molecular weight excluding hydrogens is 340 g/mol. The Morgan fingerprint density at radius 1 is 1.24 bits per heavy atom. The molecule has 3 rings (SSSR count). The van der Waals surface area contributed by atoms with Gasteiger partial charge in [0.1, 0.15) is 11.4 Å². The maximum Gasteiger partial charge on any atom is 0.310 e. The molecule has 0 fully saturated rings. The van der Waals surface area contributed by atoms with Crippen LogP contribution in [0.4, 0.5) is 0 Å². The van der Waals surface area contributed by atoms with Gasteiger partial charge in [0.15, 0.2) is 5.75 Å². The number of aromatic nitrogens is 2. The molecule has 0 atom stereocenters. The van der Waals surface area contributed by atoms with Gasteiger partial charge in [-0.15, -0.1) is 0 Å². The van der Waals surface area contributed by atoms with Gasteiger partial charge in [0.25, 0.3) is 0 Å². The number of ketones is 1. The van der Waals surface area contributed by atoms with Gasteiger partial charge in [0, 0.05) is 23.0 Å². The summed E-state index contributed by atoms with van der Waals surface area (Å²) in [6.45, 7) is 5.43. The van der Waals surface area contributed by atoms with Crippen molar-refractivity contribution in [1.29, 1.82) is 0 Å². The molecule has 0 radical (unpaired) electrons. The number of H-pyrrole nitrogens is 1. The van der Waals surface area contributed by atoms with Gasteiger partial charge < -0.3 is 9.72 Å². The van der Waals surface area contributed by atoms with Crippen LogP contribution < -0.4 is 4.74 Å². The predicted molar refractivity (Wildman–Crippen MR) is 96.4 cm³/mol. The summed E-state index contributed by atoms with van der Waals surface area (Å²) in [6.07, 6.45) is 1.84. The molecule has 25 heavy (non-hydrogen) atoms. The average molecular weight is 357 g/mol. The minimum Gasteiger partial charge on any atom is -0.423 e. The van der Waals surface area contributed by atoms with Crippen LogP contribution in [-0.4, -0.2) is 21.7 Å². The molecule has 6 heteroatoms. The molecule has 2 aromatic heterocycles. The molecule has 2 heterocycles. The molecular formula is C19H17ClN2O3. The van der Waals surface area contributed by atoms with Crippen LogP contribution in [0.3, 0.4) is 0 Å². The topological polar surface area (TPSA) is 72.1 Å². The number of rotatable bonds is 4. The number of ether oxygens (including phenoxy) is 1. The Morgan fingerprint density at radius 2 is 2.00 bits per heavy atom. The SMILES string of the molecule is CCC(=O)Oc1c(C(=O)c2ncc(C)cc2C)[nH]c2cc(Cl)ccc12. The van der Waals surface area contributed by atoms with Crippen molar-refractivity contribution in [2.75, 3.05) is 0 Å². The van der Waals surface area contributed by atoms with E-state index in [1.54, 1.807) is 31.3 Å². The third kappa shape index (κ3) is 3.28. The standard InChI is InChI=1S/C19H17ClN2O3/c1-4-15(23)25-19-13-6-5-12(20)8-14(13)22-17(19)18(24)16-11(3)7-10(2)9-21-16/h5-9,22H,4H2,1-3H3. The van der Waals surface area contributed by atoms with E-state index in [-0.39, 0.29) is 23.6 Å². The van der Waals surface area contributed by atoms with E-state index in [2.05, 4.69) is 9.97 Å². The van der Waals surface area contributed by atoms with Gasteiger partial charge in [-0.3, -0.25) is 14.6 Å². The maximum absolute atomic E-state index is 13.0. The van der Waals surface area contributed by atoms with Crippen molar-refractivity contribution >= 4 is 34.3 Å². The molecule has 1 aromatic carbocycles. The first-order chi connectivity index (χ1) is 11.9. The molecule has 3 aromatic rings. The summed E-state index contributed by atoms with van der Waals surface area (Å²) in [5, 5.41) is 1.14. The first-order valence-corrected chi connectivity index (χ1v) is 8.28. The third-order valence-electron chi connectivity index (χ3n) is 3.87. The monoisotopic (exact) mass is 356 g/mol. The number of aromatic amines is 1. The lowest BCUT2D eigenvalue weighted by molar-refractivity contribution is -0.133. The molecule has 0 unspecified atom stereocenters. The average Bonchev–Trinajstić information content (AvgIpc) is 2.91. The van der Waals surface area contributed by atoms with Crippen LogP contribution in [0.5, 0.6) is 5.75 Å². The molecule has 0 saturated carbocycles. The van der Waals surface area contributed by atoms with E-state index in [1.807, 2.05) is 19.9 Å². The molecule has 0 aliphatic carbocycles. The molecule has 0 aliphatic heterocycles. The van der Waals surface area contributed by atoms with Crippen molar-refractivity contribution in [3.63, 3.8) is 0 Å². The Morgan fingerprint density at radius 3 is 2.68 bits per heavy atom. The summed E-state index contributed by atoms with van der Waals surface area (Å²) >= 11 is 6.03. The zero-order valence-electron chi connectivity index (χ0n) is 14.1. The van der Waals surface area contributed by atoms with Crippen LogP contribution in [0.15, 0.2) is 30.5 Å². The van der Waals surface area contributed by atoms with Gasteiger partial charge in [-0.05, 0) is 43.2 Å². The molecule has 1 N–H and O–H groups in total. The number of carbonyl (C=O) groups excluding carboxylic acids is 2. The molecule has 0 aliphatic rings. The van der Waals surface area contributed by atoms with Crippen LogP contribution in [-0.2, 0) is 4.79 Å². The van der Waals surface area contributed by atoms with E-state index in [9.17, 15) is 9.59 Å². The number of aryl methyl sites for hydroxylation is 2. The predicted octanol–water partition coefficient (Wildman–Crippen LogP) is 4.38. The van der Waals surface area contributed by atoms with Crippen LogP contribution in [0, 0.1) is 13.8 Å². The molecule has 5 nitrogen and oxygen atoms in total. The number of carbonyl (C=O) groups is 2. The van der Waals surface area contributed by atoms with Crippen molar-refractivity contribution in [3.8, 4) is 5.75 Å². The number of benzene rings is 1. The van der Waals surface area contributed by atoms with Crippen LogP contribution in [0.2, 0.25) is 5.02 Å². The van der Waals surface area contributed by atoms with Crippen molar-refractivity contribution < 1.29 is 14.3 Å². The first-order valence-electron chi connectivity index (χ1n) is 7.90. The van der Waals surface area contributed by atoms with E-state index in [1.165, 1.54) is 0 Å². The smallest absolute Gasteiger partial charge is 0.310 e. The van der Waals surface area contributed by atoms with Crippen LogP contribution in [0.25, 0.3) is 10.9 Å². The van der Waals surface area contributed by atoms with Crippen molar-refractivity contribution in [1.82, 2.24) is 9.97 Å². The van der Waals surface area contributed by atoms with Crippen LogP contribution in [0.1, 0.15) is 40.7 Å². The second kappa shape index (κ2) is 6.69. The highest BCUT2D eigenvalue weighted by atomic mass is 35.5. The number of hydrogen-bond acceptors (Lipinski definition) is 4. The zero-order valence-corrected chi connectivity index (χ0v) is 14.9. The number of fused-ring (bicyclic) bond motifs is 1. The Balaban J connectivity index is 2.18. The van der Waals surface area contributed by atoms with E-state index in [0.717, 1.165) is 11.1 Å². The van der Waals surface area contributed by atoms with Gasteiger partial charge in [-0.1, -0.05) is 24.6 Å². The van der Waals surface area contributed by atoms with Crippen LogP contribution >= 0.6 is 11.6 Å². The zero-order chi connectivity index (χ0) is 18.1. The fourth-order valence-corrected chi connectivity index (χ4v) is 2.84. The fourth-order valence-electron chi connectivity index (χ4n) is 2.67. The number of hydrogen-bond donors (Lipinski definition) is 1. The number of nitrogens with one attached hydrogen (secondary N) is 1. The maximum atomic E-state index is 13.0. The van der Waals surface area contributed by atoms with Crippen molar-refractivity contribution in [2.24, 2.45) is 0 Å².